The molecule has 30 heavy (non-hydrogen) atoms. The van der Waals surface area contributed by atoms with Crippen LogP contribution in [0.25, 0.3) is 0 Å². The first-order chi connectivity index (χ1) is 13.8. The maximum atomic E-state index is 12.6. The van der Waals surface area contributed by atoms with Gasteiger partial charge in [0.1, 0.15) is 12.3 Å². The Morgan fingerprint density at radius 1 is 1.13 bits per heavy atom. The smallest absolute Gasteiger partial charge is 0.343 e. The van der Waals surface area contributed by atoms with E-state index in [0.29, 0.717) is 23.5 Å². The molecule has 7 heteroatoms. The molecule has 0 saturated carbocycles. The van der Waals surface area contributed by atoms with Crippen molar-refractivity contribution in [2.75, 3.05) is 25.0 Å². The number of halogens is 2. The Labute approximate surface area is 197 Å². The second-order valence-corrected chi connectivity index (χ2v) is 7.92. The Hall–Kier alpha value is -1.96. The number of rotatable bonds is 9. The summed E-state index contributed by atoms with van der Waals surface area (Å²) in [6.07, 6.45) is 1.91. The van der Waals surface area contributed by atoms with E-state index in [0.717, 1.165) is 34.2 Å². The van der Waals surface area contributed by atoms with Crippen LogP contribution < -0.4 is 27.0 Å². The first-order valence-electron chi connectivity index (χ1n) is 9.66. The maximum Gasteiger partial charge on any atom is 0.343 e. The lowest BCUT2D eigenvalue weighted by Gasteiger charge is -2.36. The minimum absolute atomic E-state index is 0. The second kappa shape index (κ2) is 12.0. The summed E-state index contributed by atoms with van der Waals surface area (Å²) in [4.78, 5) is 24.1. The van der Waals surface area contributed by atoms with Crippen LogP contribution in [0.3, 0.4) is 0 Å². The summed E-state index contributed by atoms with van der Waals surface area (Å²) in [7, 11) is 0. The predicted molar refractivity (Wildman–Crippen MR) is 120 cm³/mol. The zero-order valence-corrected chi connectivity index (χ0v) is 20.8. The molecule has 0 spiro atoms. The van der Waals surface area contributed by atoms with Crippen molar-refractivity contribution in [3.8, 4) is 5.75 Å². The Kier molecular flexibility index (Phi) is 10.5. The van der Waals surface area contributed by atoms with Crippen molar-refractivity contribution in [3.05, 3.63) is 70.7 Å². The number of carbonyl (C=O) groups excluding carboxylic acids is 2. The molecular formula is C23H28Br2N2O3. The lowest BCUT2D eigenvalue weighted by atomic mass is 10.1. The minimum Gasteiger partial charge on any atom is -1.00 e. The molecule has 0 aliphatic carbocycles. The molecule has 2 aromatic carbocycles. The van der Waals surface area contributed by atoms with Crippen molar-refractivity contribution >= 4 is 33.5 Å². The summed E-state index contributed by atoms with van der Waals surface area (Å²) in [6.45, 7) is 12.9. The third-order valence-corrected chi connectivity index (χ3v) is 5.56. The summed E-state index contributed by atoms with van der Waals surface area (Å²) in [5.74, 6) is -0.0605. The summed E-state index contributed by atoms with van der Waals surface area (Å²) >= 11 is 3.37. The fourth-order valence-corrected chi connectivity index (χ4v) is 3.50. The number of ether oxygens (including phenoxy) is 1. The average Bonchev–Trinajstić information content (AvgIpc) is 2.69. The van der Waals surface area contributed by atoms with Gasteiger partial charge in [0.05, 0.1) is 30.8 Å². The highest BCUT2D eigenvalue weighted by atomic mass is 79.9. The van der Waals surface area contributed by atoms with Crippen LogP contribution in [-0.4, -0.2) is 36.0 Å². The number of hydrogen-bond acceptors (Lipinski definition) is 3. The third kappa shape index (κ3) is 7.07. The molecule has 0 fully saturated rings. The predicted octanol–water partition coefficient (Wildman–Crippen LogP) is 2.17. The van der Waals surface area contributed by atoms with E-state index in [-0.39, 0.29) is 22.9 Å². The molecule has 0 bridgehead atoms. The fraction of sp³-hybridized carbons (Fsp3) is 0.304. The average molecular weight is 540 g/mol. The Morgan fingerprint density at radius 3 is 2.30 bits per heavy atom. The molecule has 0 saturated heterocycles. The van der Waals surface area contributed by atoms with Gasteiger partial charge in [-0.3, -0.25) is 4.79 Å². The van der Waals surface area contributed by atoms with Gasteiger partial charge in [-0.15, -0.1) is 0 Å². The van der Waals surface area contributed by atoms with Crippen LogP contribution in [0.4, 0.5) is 5.69 Å². The quantitative estimate of drug-likeness (QED) is 0.230. The number of esters is 1. The molecule has 0 unspecified atom stereocenters. The largest absolute Gasteiger partial charge is 1.00 e. The van der Waals surface area contributed by atoms with E-state index in [4.69, 9.17) is 4.74 Å². The molecule has 2 aromatic rings. The van der Waals surface area contributed by atoms with Crippen LogP contribution in [0, 0.1) is 0 Å². The van der Waals surface area contributed by atoms with E-state index < -0.39 is 5.97 Å². The van der Waals surface area contributed by atoms with Gasteiger partial charge < -0.3 is 31.5 Å². The number of likely N-dealkylation sites (N-methyl/N-ethyl adjacent to an activating group) is 1. The molecule has 0 aliphatic rings. The molecule has 5 nitrogen and oxygen atoms in total. The molecule has 0 aliphatic heterocycles. The molecule has 2 rings (SSSR count). The van der Waals surface area contributed by atoms with Crippen molar-refractivity contribution in [2.45, 2.75) is 27.3 Å². The number of hydrogen-bond donors (Lipinski definition) is 1. The van der Waals surface area contributed by atoms with Crippen molar-refractivity contribution < 1.29 is 35.8 Å². The highest BCUT2D eigenvalue weighted by Gasteiger charge is 2.25. The first kappa shape index (κ1) is 26.1. The maximum absolute atomic E-state index is 12.6. The van der Waals surface area contributed by atoms with E-state index in [1.165, 1.54) is 6.92 Å². The normalized spacial score (nSPS) is 10.7. The number of amides is 1. The molecule has 0 atom stereocenters. The molecule has 1 N–H and O–H groups in total. The molecule has 1 amide bonds. The zero-order chi connectivity index (χ0) is 21.4. The lowest BCUT2D eigenvalue weighted by molar-refractivity contribution is -0.932. The van der Waals surface area contributed by atoms with Gasteiger partial charge in [-0.25, -0.2) is 4.79 Å². The summed E-state index contributed by atoms with van der Waals surface area (Å²) < 4.78 is 7.41. The standard InChI is InChI=1S/C23H27BrN2O3.BrH/c1-5-14-26(6-2,7-3)16-19-15-21(25-17(4)27)12-13-22(19)29-23(28)18-8-10-20(24)11-9-18;/h5,8-13,15H,1,6-7,14,16H2,2-4H3;1H. The van der Waals surface area contributed by atoms with Crippen LogP contribution in [0.5, 0.6) is 5.75 Å². The van der Waals surface area contributed by atoms with Crippen molar-refractivity contribution in [3.63, 3.8) is 0 Å². The van der Waals surface area contributed by atoms with Crippen LogP contribution in [-0.2, 0) is 11.3 Å². The highest BCUT2D eigenvalue weighted by molar-refractivity contribution is 9.10. The van der Waals surface area contributed by atoms with Crippen molar-refractivity contribution in [1.29, 1.82) is 0 Å². The first-order valence-corrected chi connectivity index (χ1v) is 10.5. The van der Waals surface area contributed by atoms with Gasteiger partial charge in [0.15, 0.2) is 0 Å². The summed E-state index contributed by atoms with van der Waals surface area (Å²) in [6, 6.07) is 12.4. The Bertz CT molecular complexity index is 879. The number of nitrogens with one attached hydrogen (secondary N) is 1. The molecule has 0 aromatic heterocycles. The van der Waals surface area contributed by atoms with Gasteiger partial charge in [0.25, 0.3) is 0 Å². The van der Waals surface area contributed by atoms with Crippen LogP contribution >= 0.6 is 15.9 Å². The third-order valence-electron chi connectivity index (χ3n) is 5.03. The van der Waals surface area contributed by atoms with E-state index >= 15 is 0 Å². The summed E-state index contributed by atoms with van der Waals surface area (Å²) in [5.41, 5.74) is 2.02. The van der Waals surface area contributed by atoms with Gasteiger partial charge in [-0.05, 0) is 62.4 Å². The number of quaternary nitrogens is 1. The monoisotopic (exact) mass is 538 g/mol. The molecule has 0 radical (unpaired) electrons. The van der Waals surface area contributed by atoms with Gasteiger partial charge in [0, 0.05) is 17.1 Å². The number of anilines is 1. The fourth-order valence-electron chi connectivity index (χ4n) is 3.23. The SMILES string of the molecule is C=CC[N+](CC)(CC)Cc1cc(NC(C)=O)ccc1OC(=O)c1ccc(Br)cc1.[Br-]. The van der Waals surface area contributed by atoms with E-state index in [9.17, 15) is 9.59 Å². The van der Waals surface area contributed by atoms with E-state index in [1.54, 1.807) is 36.4 Å². The minimum atomic E-state index is -0.416. The van der Waals surface area contributed by atoms with Crippen molar-refractivity contribution in [1.82, 2.24) is 0 Å². The van der Waals surface area contributed by atoms with E-state index in [2.05, 4.69) is 41.7 Å². The van der Waals surface area contributed by atoms with Crippen LogP contribution in [0.2, 0.25) is 0 Å². The number of benzene rings is 2. The second-order valence-electron chi connectivity index (χ2n) is 7.00. The molecule has 162 valence electrons. The van der Waals surface area contributed by atoms with Crippen LogP contribution in [0.15, 0.2) is 59.6 Å². The molecule has 0 heterocycles. The lowest BCUT2D eigenvalue weighted by Crippen LogP contribution is -3.00. The molecular weight excluding hydrogens is 512 g/mol. The zero-order valence-electron chi connectivity index (χ0n) is 17.6. The van der Waals surface area contributed by atoms with Gasteiger partial charge >= 0.3 is 5.97 Å². The van der Waals surface area contributed by atoms with Gasteiger partial charge in [-0.2, -0.15) is 0 Å². The highest BCUT2D eigenvalue weighted by Crippen LogP contribution is 2.28. The number of nitrogens with zero attached hydrogens (tertiary/aromatic N) is 1. The Morgan fingerprint density at radius 2 is 1.77 bits per heavy atom. The van der Waals surface area contributed by atoms with Crippen molar-refractivity contribution in [2.24, 2.45) is 0 Å². The van der Waals surface area contributed by atoms with Gasteiger partial charge in [0.2, 0.25) is 5.91 Å². The van der Waals surface area contributed by atoms with Gasteiger partial charge in [-0.1, -0.05) is 22.5 Å². The Balaban J connectivity index is 0.00000450. The summed E-state index contributed by atoms with van der Waals surface area (Å²) in [5, 5.41) is 2.81. The number of carbonyl (C=O) groups is 2. The van der Waals surface area contributed by atoms with Crippen LogP contribution in [0.1, 0.15) is 36.7 Å². The van der Waals surface area contributed by atoms with E-state index in [1.807, 2.05) is 12.1 Å². The topological polar surface area (TPSA) is 55.4 Å².